The Morgan fingerprint density at radius 3 is 3.00 bits per heavy atom. The predicted octanol–water partition coefficient (Wildman–Crippen LogP) is 1.25. The lowest BCUT2D eigenvalue weighted by Gasteiger charge is -2.22. The van der Waals surface area contributed by atoms with E-state index >= 15 is 0 Å². The van der Waals surface area contributed by atoms with Crippen molar-refractivity contribution in [3.63, 3.8) is 0 Å². The van der Waals surface area contributed by atoms with Crippen LogP contribution >= 0.6 is 0 Å². The van der Waals surface area contributed by atoms with Crippen LogP contribution in [0.2, 0.25) is 0 Å². The number of nitrogen functional groups attached to an aromatic ring is 1. The number of nitrogens with two attached hydrogens (primary N) is 1. The summed E-state index contributed by atoms with van der Waals surface area (Å²) in [7, 11) is 0. The van der Waals surface area contributed by atoms with Crippen molar-refractivity contribution in [1.82, 2.24) is 19.6 Å². The Bertz CT molecular complexity index is 869. The first kappa shape index (κ1) is 15.9. The molecule has 0 spiro atoms. The summed E-state index contributed by atoms with van der Waals surface area (Å²) < 4.78 is 13.0. The van der Waals surface area contributed by atoms with Crippen molar-refractivity contribution in [3.05, 3.63) is 54.1 Å². The molecule has 2 atom stereocenters. The van der Waals surface area contributed by atoms with Crippen molar-refractivity contribution in [2.45, 2.75) is 31.3 Å². The highest BCUT2D eigenvalue weighted by atomic mass is 16.6. The third-order valence-corrected chi connectivity index (χ3v) is 4.31. The number of aromatic nitrogens is 4. The van der Waals surface area contributed by atoms with E-state index in [1.807, 2.05) is 30.3 Å². The van der Waals surface area contributed by atoms with E-state index in [9.17, 15) is 5.11 Å². The van der Waals surface area contributed by atoms with Gasteiger partial charge < -0.3 is 20.3 Å². The van der Waals surface area contributed by atoms with E-state index in [1.165, 1.54) is 17.0 Å². The number of imidazole rings is 1. The van der Waals surface area contributed by atoms with Gasteiger partial charge in [0, 0.05) is 6.42 Å². The zero-order valence-electron chi connectivity index (χ0n) is 13.6. The van der Waals surface area contributed by atoms with E-state index in [0.717, 1.165) is 5.56 Å². The van der Waals surface area contributed by atoms with Gasteiger partial charge in [0.2, 0.25) is 5.79 Å². The van der Waals surface area contributed by atoms with Crippen LogP contribution < -0.4 is 5.73 Å². The van der Waals surface area contributed by atoms with Crippen molar-refractivity contribution in [1.29, 1.82) is 0 Å². The molecule has 0 amide bonds. The van der Waals surface area contributed by atoms with Gasteiger partial charge in [0.1, 0.15) is 12.0 Å². The lowest BCUT2D eigenvalue weighted by Crippen LogP contribution is -2.29. The fourth-order valence-electron chi connectivity index (χ4n) is 3.04. The summed E-state index contributed by atoms with van der Waals surface area (Å²) in [6, 6.07) is 9.93. The molecular formula is C17H19N5O3. The number of rotatable bonds is 5. The van der Waals surface area contributed by atoms with Gasteiger partial charge >= 0.3 is 0 Å². The van der Waals surface area contributed by atoms with Crippen molar-refractivity contribution in [3.8, 4) is 0 Å². The fraction of sp³-hybridized carbons (Fsp3) is 0.353. The van der Waals surface area contributed by atoms with Crippen LogP contribution in [-0.2, 0) is 21.9 Å². The van der Waals surface area contributed by atoms with E-state index in [2.05, 4.69) is 15.1 Å². The molecule has 130 valence electrons. The number of hydrogen-bond acceptors (Lipinski definition) is 7. The van der Waals surface area contributed by atoms with Gasteiger partial charge in [-0.25, -0.2) is 14.5 Å². The molecular weight excluding hydrogens is 322 g/mol. The Morgan fingerprint density at radius 2 is 2.16 bits per heavy atom. The molecule has 1 saturated heterocycles. The van der Waals surface area contributed by atoms with Crippen LogP contribution in [0.4, 0.5) is 5.82 Å². The topological polar surface area (TPSA) is 108 Å². The summed E-state index contributed by atoms with van der Waals surface area (Å²) in [5.41, 5.74) is 7.73. The highest BCUT2D eigenvalue weighted by Gasteiger charge is 2.42. The van der Waals surface area contributed by atoms with Gasteiger partial charge in [0.25, 0.3) is 0 Å². The molecule has 1 fully saturated rings. The molecule has 0 aliphatic carbocycles. The molecule has 1 aliphatic rings. The maximum atomic E-state index is 10.9. The first-order valence-electron chi connectivity index (χ1n) is 8.12. The van der Waals surface area contributed by atoms with Crippen molar-refractivity contribution in [2.75, 3.05) is 12.3 Å². The largest absolute Gasteiger partial charge is 0.381 e. The molecule has 1 aromatic carbocycles. The van der Waals surface area contributed by atoms with Crippen LogP contribution in [0, 0.1) is 0 Å². The Morgan fingerprint density at radius 1 is 1.32 bits per heavy atom. The highest BCUT2D eigenvalue weighted by molar-refractivity contribution is 5.58. The summed E-state index contributed by atoms with van der Waals surface area (Å²) in [6.45, 7) is 0.920. The quantitative estimate of drug-likeness (QED) is 0.719. The van der Waals surface area contributed by atoms with Crippen molar-refractivity contribution < 1.29 is 14.6 Å². The van der Waals surface area contributed by atoms with Gasteiger partial charge in [-0.2, -0.15) is 5.10 Å². The fourth-order valence-corrected chi connectivity index (χ4v) is 3.04. The molecule has 8 nitrogen and oxygen atoms in total. The second-order valence-corrected chi connectivity index (χ2v) is 6.09. The summed E-state index contributed by atoms with van der Waals surface area (Å²) in [6.07, 6.45) is 3.77. The average molecular weight is 341 g/mol. The van der Waals surface area contributed by atoms with Gasteiger partial charge in [-0.3, -0.25) is 0 Å². The van der Waals surface area contributed by atoms with E-state index in [1.54, 1.807) is 0 Å². The van der Waals surface area contributed by atoms with Crippen LogP contribution in [0.25, 0.3) is 5.65 Å². The minimum Gasteiger partial charge on any atom is -0.381 e. The summed E-state index contributed by atoms with van der Waals surface area (Å²) >= 11 is 0. The summed E-state index contributed by atoms with van der Waals surface area (Å²) in [5, 5.41) is 15.0. The Labute approximate surface area is 144 Å². The lowest BCUT2D eigenvalue weighted by molar-refractivity contribution is -0.211. The van der Waals surface area contributed by atoms with E-state index in [0.29, 0.717) is 37.4 Å². The first-order valence-corrected chi connectivity index (χ1v) is 8.12. The summed E-state index contributed by atoms with van der Waals surface area (Å²) in [4.78, 5) is 8.07. The zero-order valence-corrected chi connectivity index (χ0v) is 13.6. The number of benzene rings is 1. The van der Waals surface area contributed by atoms with Crippen LogP contribution in [-0.4, -0.2) is 37.4 Å². The smallest absolute Gasteiger partial charge is 0.211 e. The van der Waals surface area contributed by atoms with Crippen LogP contribution in [0.1, 0.15) is 24.1 Å². The Kier molecular flexibility index (Phi) is 4.08. The number of aliphatic hydroxyl groups is 1. The zero-order chi connectivity index (χ0) is 17.3. The maximum absolute atomic E-state index is 10.9. The Hall–Kier alpha value is -2.55. The molecule has 0 saturated carbocycles. The van der Waals surface area contributed by atoms with Crippen LogP contribution in [0.15, 0.2) is 42.9 Å². The number of hydrogen-bond donors (Lipinski definition) is 2. The molecule has 4 rings (SSSR count). The summed E-state index contributed by atoms with van der Waals surface area (Å²) in [5.74, 6) is -1.20. The second-order valence-electron chi connectivity index (χ2n) is 6.09. The monoisotopic (exact) mass is 341 g/mol. The van der Waals surface area contributed by atoms with Gasteiger partial charge in [-0.1, -0.05) is 30.3 Å². The third-order valence-electron chi connectivity index (χ3n) is 4.31. The highest BCUT2D eigenvalue weighted by Crippen LogP contribution is 2.37. The molecule has 3 N–H and O–H groups in total. The Balaban J connectivity index is 1.43. The van der Waals surface area contributed by atoms with Gasteiger partial charge in [0.05, 0.1) is 25.5 Å². The average Bonchev–Trinajstić information content (AvgIpc) is 3.22. The minimum atomic E-state index is -1.46. The van der Waals surface area contributed by atoms with Gasteiger partial charge in [-0.15, -0.1) is 0 Å². The lowest BCUT2D eigenvalue weighted by atomic mass is 10.1. The molecule has 0 bridgehead atoms. The van der Waals surface area contributed by atoms with E-state index in [4.69, 9.17) is 15.2 Å². The second kappa shape index (κ2) is 6.40. The van der Waals surface area contributed by atoms with Gasteiger partial charge in [-0.05, 0) is 12.0 Å². The molecule has 25 heavy (non-hydrogen) atoms. The molecule has 2 unspecified atom stereocenters. The molecule has 3 heterocycles. The van der Waals surface area contributed by atoms with Crippen molar-refractivity contribution >= 4 is 11.5 Å². The predicted molar refractivity (Wildman–Crippen MR) is 89.3 cm³/mol. The maximum Gasteiger partial charge on any atom is 0.211 e. The number of fused-ring (bicyclic) bond motifs is 1. The minimum absolute atomic E-state index is 0.196. The normalized spacial score (nSPS) is 23.3. The standard InChI is InChI=1S/C17H19N5O3/c18-15-16-19-8-14(22(16)21-11-20-15)17(23)7-6-13(25-17)10-24-9-12-4-2-1-3-5-12/h1-5,8,11,13,23H,6-7,9-10H2,(H2,18,20,21). The molecule has 1 aliphatic heterocycles. The van der Waals surface area contributed by atoms with Crippen LogP contribution in [0.5, 0.6) is 0 Å². The van der Waals surface area contributed by atoms with E-state index < -0.39 is 5.79 Å². The first-order chi connectivity index (χ1) is 12.2. The number of anilines is 1. The SMILES string of the molecule is Nc1ncnn2c(C3(O)CCC(COCc4ccccc4)O3)cnc12. The number of ether oxygens (including phenoxy) is 2. The van der Waals surface area contributed by atoms with Crippen molar-refractivity contribution in [2.24, 2.45) is 0 Å². The molecule has 8 heteroatoms. The van der Waals surface area contributed by atoms with E-state index in [-0.39, 0.29) is 11.9 Å². The van der Waals surface area contributed by atoms with Gasteiger partial charge in [0.15, 0.2) is 11.5 Å². The molecule has 2 aromatic heterocycles. The molecule has 0 radical (unpaired) electrons. The molecule has 3 aromatic rings. The number of nitrogens with zero attached hydrogens (tertiary/aromatic N) is 4. The van der Waals surface area contributed by atoms with Crippen LogP contribution in [0.3, 0.4) is 0 Å². The third kappa shape index (κ3) is 3.07.